The quantitative estimate of drug-likeness (QED) is 0.647. The summed E-state index contributed by atoms with van der Waals surface area (Å²) in [6.07, 6.45) is 0.377. The van der Waals surface area contributed by atoms with E-state index in [4.69, 9.17) is 11.6 Å². The third kappa shape index (κ3) is 1.55. The van der Waals surface area contributed by atoms with Crippen molar-refractivity contribution in [1.29, 1.82) is 0 Å². The zero-order valence-corrected chi connectivity index (χ0v) is 7.64. The van der Waals surface area contributed by atoms with E-state index in [0.29, 0.717) is 6.42 Å². The lowest BCUT2D eigenvalue weighted by Crippen LogP contribution is -1.97. The van der Waals surface area contributed by atoms with Crippen LogP contribution in [-0.2, 0) is 6.42 Å². The minimum atomic E-state index is -2.66. The summed E-state index contributed by atoms with van der Waals surface area (Å²) in [7, 11) is 0. The van der Waals surface area contributed by atoms with E-state index in [0.717, 1.165) is 5.56 Å². The van der Waals surface area contributed by atoms with Gasteiger partial charge in [0.15, 0.2) is 0 Å². The van der Waals surface area contributed by atoms with Gasteiger partial charge >= 0.3 is 0 Å². The maximum Gasteiger partial charge on any atom is 0.269 e. The summed E-state index contributed by atoms with van der Waals surface area (Å²) in [4.78, 5) is 0. The molecule has 2 atom stereocenters. The molecule has 3 heteroatoms. The Kier molecular flexibility index (Phi) is 2.03. The molecule has 1 aliphatic rings. The van der Waals surface area contributed by atoms with Gasteiger partial charge in [-0.05, 0) is 12.0 Å². The van der Waals surface area contributed by atoms with Crippen LogP contribution >= 0.6 is 11.6 Å². The first kappa shape index (κ1) is 8.95. The second-order valence-corrected chi connectivity index (χ2v) is 3.84. The Hall–Kier alpha value is -0.630. The van der Waals surface area contributed by atoms with Crippen molar-refractivity contribution in [2.45, 2.75) is 17.7 Å². The van der Waals surface area contributed by atoms with Crippen molar-refractivity contribution < 1.29 is 8.78 Å². The van der Waals surface area contributed by atoms with Gasteiger partial charge in [-0.15, -0.1) is 11.6 Å². The van der Waals surface area contributed by atoms with Crippen LogP contribution in [0.3, 0.4) is 0 Å². The number of hydrogen-bond acceptors (Lipinski definition) is 0. The highest BCUT2D eigenvalue weighted by atomic mass is 35.5. The van der Waals surface area contributed by atoms with Crippen LogP contribution in [0.5, 0.6) is 0 Å². The highest BCUT2D eigenvalue weighted by Gasteiger charge is 2.67. The van der Waals surface area contributed by atoms with Crippen LogP contribution in [0.2, 0.25) is 0 Å². The standard InChI is InChI=1S/C10H9ClF2/c11-9-8(10(9,12)13)6-7-4-2-1-3-5-7/h1-5,8-9H,6H2/t8?,9-/m1/s1. The SMILES string of the molecule is FC1(F)C(Cc2ccccc2)[C@H]1Cl. The third-order valence-corrected chi connectivity index (χ3v) is 3.00. The van der Waals surface area contributed by atoms with E-state index in [9.17, 15) is 8.78 Å². The van der Waals surface area contributed by atoms with Crippen LogP contribution in [0, 0.1) is 5.92 Å². The van der Waals surface area contributed by atoms with E-state index in [-0.39, 0.29) is 0 Å². The minimum Gasteiger partial charge on any atom is -0.205 e. The van der Waals surface area contributed by atoms with E-state index in [2.05, 4.69) is 0 Å². The van der Waals surface area contributed by atoms with Gasteiger partial charge in [0.1, 0.15) is 5.38 Å². The predicted molar refractivity (Wildman–Crippen MR) is 48.2 cm³/mol. The van der Waals surface area contributed by atoms with Crippen molar-refractivity contribution in [2.75, 3.05) is 0 Å². The Balaban J connectivity index is 2.02. The average molecular weight is 203 g/mol. The first-order valence-corrected chi connectivity index (χ1v) is 4.62. The summed E-state index contributed by atoms with van der Waals surface area (Å²) in [6, 6.07) is 9.25. The van der Waals surface area contributed by atoms with Gasteiger partial charge in [-0.25, -0.2) is 8.78 Å². The fraction of sp³-hybridized carbons (Fsp3) is 0.400. The van der Waals surface area contributed by atoms with Crippen LogP contribution in [0.1, 0.15) is 5.56 Å². The number of alkyl halides is 3. The summed E-state index contributed by atoms with van der Waals surface area (Å²) in [5.74, 6) is -3.33. The lowest BCUT2D eigenvalue weighted by molar-refractivity contribution is 0.0998. The van der Waals surface area contributed by atoms with Gasteiger partial charge in [-0.1, -0.05) is 30.3 Å². The van der Waals surface area contributed by atoms with Gasteiger partial charge in [-0.2, -0.15) is 0 Å². The van der Waals surface area contributed by atoms with Gasteiger partial charge in [0.25, 0.3) is 5.92 Å². The zero-order valence-electron chi connectivity index (χ0n) is 6.88. The molecule has 0 bridgehead atoms. The van der Waals surface area contributed by atoms with Crippen LogP contribution in [0.4, 0.5) is 8.78 Å². The largest absolute Gasteiger partial charge is 0.269 e. The van der Waals surface area contributed by atoms with Crippen LogP contribution in [0.15, 0.2) is 30.3 Å². The Labute approximate surface area is 80.5 Å². The summed E-state index contributed by atoms with van der Waals surface area (Å²) in [5.41, 5.74) is 0.926. The zero-order chi connectivity index (χ0) is 9.47. The molecule has 0 heterocycles. The summed E-state index contributed by atoms with van der Waals surface area (Å²) in [6.45, 7) is 0. The third-order valence-electron chi connectivity index (χ3n) is 2.40. The molecule has 0 aromatic heterocycles. The molecule has 70 valence electrons. The molecular weight excluding hydrogens is 194 g/mol. The Morgan fingerprint density at radius 1 is 1.23 bits per heavy atom. The van der Waals surface area contributed by atoms with E-state index in [1.54, 1.807) is 0 Å². The molecule has 0 nitrogen and oxygen atoms in total. The maximum absolute atomic E-state index is 12.7. The fourth-order valence-corrected chi connectivity index (χ4v) is 1.80. The van der Waals surface area contributed by atoms with Gasteiger partial charge in [-0.3, -0.25) is 0 Å². The molecule has 0 radical (unpaired) electrons. The number of rotatable bonds is 2. The molecule has 13 heavy (non-hydrogen) atoms. The van der Waals surface area contributed by atoms with Crippen molar-refractivity contribution in [3.8, 4) is 0 Å². The second-order valence-electron chi connectivity index (χ2n) is 3.37. The van der Waals surface area contributed by atoms with Gasteiger partial charge in [0, 0.05) is 0 Å². The molecule has 1 aromatic rings. The lowest BCUT2D eigenvalue weighted by Gasteiger charge is -1.97. The van der Waals surface area contributed by atoms with Crippen molar-refractivity contribution in [1.82, 2.24) is 0 Å². The Morgan fingerprint density at radius 3 is 2.23 bits per heavy atom. The average Bonchev–Trinajstić information content (AvgIpc) is 2.57. The van der Waals surface area contributed by atoms with Crippen molar-refractivity contribution in [3.05, 3.63) is 35.9 Å². The molecule has 1 aromatic carbocycles. The van der Waals surface area contributed by atoms with Crippen molar-refractivity contribution in [2.24, 2.45) is 5.92 Å². The molecular formula is C10H9ClF2. The van der Waals surface area contributed by atoms with Crippen LogP contribution in [-0.4, -0.2) is 11.3 Å². The molecule has 0 spiro atoms. The lowest BCUT2D eigenvalue weighted by atomic mass is 10.1. The fourth-order valence-electron chi connectivity index (χ4n) is 1.46. The first-order valence-electron chi connectivity index (χ1n) is 4.18. The number of benzene rings is 1. The van der Waals surface area contributed by atoms with E-state index < -0.39 is 17.2 Å². The Bertz CT molecular complexity index is 297. The van der Waals surface area contributed by atoms with E-state index in [1.165, 1.54) is 0 Å². The maximum atomic E-state index is 12.7. The van der Waals surface area contributed by atoms with E-state index >= 15 is 0 Å². The van der Waals surface area contributed by atoms with Crippen LogP contribution in [0.25, 0.3) is 0 Å². The number of halogens is 3. The molecule has 0 N–H and O–H groups in total. The topological polar surface area (TPSA) is 0 Å². The highest BCUT2D eigenvalue weighted by molar-refractivity contribution is 6.23. The molecule has 0 amide bonds. The molecule has 0 saturated heterocycles. The minimum absolute atomic E-state index is 0.377. The molecule has 1 aliphatic carbocycles. The molecule has 2 rings (SSSR count). The summed E-state index contributed by atoms with van der Waals surface area (Å²) >= 11 is 5.44. The van der Waals surface area contributed by atoms with Gasteiger partial charge in [0.05, 0.1) is 5.92 Å². The molecule has 0 aliphatic heterocycles. The predicted octanol–water partition coefficient (Wildman–Crippen LogP) is 3.10. The van der Waals surface area contributed by atoms with Gasteiger partial charge < -0.3 is 0 Å². The highest BCUT2D eigenvalue weighted by Crippen LogP contribution is 2.54. The van der Waals surface area contributed by atoms with Crippen LogP contribution < -0.4 is 0 Å². The van der Waals surface area contributed by atoms with Crippen molar-refractivity contribution in [3.63, 3.8) is 0 Å². The molecule has 1 saturated carbocycles. The number of hydrogen-bond donors (Lipinski definition) is 0. The second kappa shape index (κ2) is 2.95. The molecule has 1 fully saturated rings. The smallest absolute Gasteiger partial charge is 0.205 e. The normalized spacial score (nSPS) is 30.1. The Morgan fingerprint density at radius 2 is 1.77 bits per heavy atom. The monoisotopic (exact) mass is 202 g/mol. The van der Waals surface area contributed by atoms with Crippen molar-refractivity contribution >= 4 is 11.6 Å². The first-order chi connectivity index (χ1) is 6.12. The summed E-state index contributed by atoms with van der Waals surface area (Å²) in [5, 5.41) is -0.965. The van der Waals surface area contributed by atoms with E-state index in [1.807, 2.05) is 30.3 Å². The summed E-state index contributed by atoms with van der Waals surface area (Å²) < 4.78 is 25.5. The molecule has 1 unspecified atom stereocenters. The van der Waals surface area contributed by atoms with Gasteiger partial charge in [0.2, 0.25) is 0 Å².